The van der Waals surface area contributed by atoms with Crippen LogP contribution in [0.3, 0.4) is 0 Å². The Kier molecular flexibility index (Phi) is 5.50. The Labute approximate surface area is 142 Å². The maximum absolute atomic E-state index is 12.8. The summed E-state index contributed by atoms with van der Waals surface area (Å²) in [6.45, 7) is 0.613. The number of hydrogen-bond acceptors (Lipinski definition) is 3. The van der Waals surface area contributed by atoms with Crippen LogP contribution in [0.2, 0.25) is 0 Å². The molecular formula is C18H21ClN2O2. The van der Waals surface area contributed by atoms with E-state index in [1.54, 1.807) is 19.2 Å². The molecule has 0 saturated heterocycles. The molecule has 1 saturated carbocycles. The molecule has 4 nitrogen and oxygen atoms in total. The average molecular weight is 333 g/mol. The van der Waals surface area contributed by atoms with Crippen molar-refractivity contribution in [3.63, 3.8) is 0 Å². The molecule has 0 aromatic heterocycles. The fourth-order valence-corrected chi connectivity index (χ4v) is 2.52. The summed E-state index contributed by atoms with van der Waals surface area (Å²) in [5, 5.41) is 0. The summed E-state index contributed by atoms with van der Waals surface area (Å²) in [5.41, 5.74) is 8.16. The maximum atomic E-state index is 12.8. The molecule has 0 unspecified atom stereocenters. The molecule has 0 bridgehead atoms. The first kappa shape index (κ1) is 17.2. The predicted molar refractivity (Wildman–Crippen MR) is 94.0 cm³/mol. The SMILES string of the molecule is COc1ccc(CN(C(=O)c2cccc(N)c2)C2CC2)cc1.Cl. The molecule has 0 aliphatic heterocycles. The Morgan fingerprint density at radius 1 is 1.22 bits per heavy atom. The minimum absolute atomic E-state index is 0. The lowest BCUT2D eigenvalue weighted by Gasteiger charge is -2.23. The van der Waals surface area contributed by atoms with Gasteiger partial charge in [-0.3, -0.25) is 4.79 Å². The molecule has 0 heterocycles. The molecule has 0 atom stereocenters. The van der Waals surface area contributed by atoms with E-state index < -0.39 is 0 Å². The van der Waals surface area contributed by atoms with Crippen LogP contribution in [0.1, 0.15) is 28.8 Å². The van der Waals surface area contributed by atoms with Crippen molar-refractivity contribution < 1.29 is 9.53 Å². The summed E-state index contributed by atoms with van der Waals surface area (Å²) in [6, 6.07) is 15.4. The first-order chi connectivity index (χ1) is 10.7. The number of methoxy groups -OCH3 is 1. The van der Waals surface area contributed by atoms with Gasteiger partial charge in [0.1, 0.15) is 5.75 Å². The van der Waals surface area contributed by atoms with Crippen LogP contribution in [0, 0.1) is 0 Å². The van der Waals surface area contributed by atoms with E-state index in [0.29, 0.717) is 23.8 Å². The zero-order chi connectivity index (χ0) is 15.5. The number of nitrogens with two attached hydrogens (primary N) is 1. The minimum atomic E-state index is 0. The molecule has 3 rings (SSSR count). The molecule has 0 radical (unpaired) electrons. The Balaban J connectivity index is 0.00000192. The Hall–Kier alpha value is -2.20. The van der Waals surface area contributed by atoms with Gasteiger partial charge < -0.3 is 15.4 Å². The summed E-state index contributed by atoms with van der Waals surface area (Å²) in [5.74, 6) is 0.870. The molecule has 5 heteroatoms. The van der Waals surface area contributed by atoms with Crippen molar-refractivity contribution in [2.75, 3.05) is 12.8 Å². The molecule has 1 amide bonds. The molecular weight excluding hydrogens is 312 g/mol. The highest BCUT2D eigenvalue weighted by Gasteiger charge is 2.33. The largest absolute Gasteiger partial charge is 0.497 e. The maximum Gasteiger partial charge on any atom is 0.254 e. The van der Waals surface area contributed by atoms with Crippen LogP contribution < -0.4 is 10.5 Å². The van der Waals surface area contributed by atoms with Gasteiger partial charge in [0.05, 0.1) is 7.11 Å². The number of benzene rings is 2. The van der Waals surface area contributed by atoms with Gasteiger partial charge in [0.2, 0.25) is 0 Å². The summed E-state index contributed by atoms with van der Waals surface area (Å²) in [4.78, 5) is 14.7. The molecule has 122 valence electrons. The van der Waals surface area contributed by atoms with Crippen molar-refractivity contribution in [3.05, 3.63) is 59.7 Å². The number of carbonyl (C=O) groups excluding carboxylic acids is 1. The lowest BCUT2D eigenvalue weighted by Crippen LogP contribution is -2.32. The van der Waals surface area contributed by atoms with Crippen LogP contribution in [0.15, 0.2) is 48.5 Å². The first-order valence-corrected chi connectivity index (χ1v) is 7.47. The smallest absolute Gasteiger partial charge is 0.254 e. The standard InChI is InChI=1S/C18H20N2O2.ClH/c1-22-17-9-5-13(6-10-17)12-20(16-7-8-16)18(21)14-3-2-4-15(19)11-14;/h2-6,9-11,16H,7-8,12,19H2,1H3;1H. The third kappa shape index (κ3) is 4.17. The van der Waals surface area contributed by atoms with E-state index in [-0.39, 0.29) is 18.3 Å². The fraction of sp³-hybridized carbons (Fsp3) is 0.278. The zero-order valence-corrected chi connectivity index (χ0v) is 13.9. The number of nitrogen functional groups attached to an aromatic ring is 1. The van der Waals surface area contributed by atoms with E-state index in [1.807, 2.05) is 41.3 Å². The molecule has 1 aliphatic carbocycles. The second kappa shape index (κ2) is 7.38. The lowest BCUT2D eigenvalue weighted by molar-refractivity contribution is 0.0730. The van der Waals surface area contributed by atoms with Gasteiger partial charge in [-0.15, -0.1) is 12.4 Å². The zero-order valence-electron chi connectivity index (χ0n) is 13.1. The van der Waals surface area contributed by atoms with Crippen molar-refractivity contribution in [2.45, 2.75) is 25.4 Å². The second-order valence-corrected chi connectivity index (χ2v) is 5.64. The molecule has 23 heavy (non-hydrogen) atoms. The highest BCUT2D eigenvalue weighted by Crippen LogP contribution is 2.30. The number of halogens is 1. The van der Waals surface area contributed by atoms with Gasteiger partial charge in [-0.25, -0.2) is 0 Å². The number of rotatable bonds is 5. The van der Waals surface area contributed by atoms with E-state index >= 15 is 0 Å². The number of amides is 1. The van der Waals surface area contributed by atoms with Crippen molar-refractivity contribution in [2.24, 2.45) is 0 Å². The van der Waals surface area contributed by atoms with Gasteiger partial charge in [-0.2, -0.15) is 0 Å². The normalized spacial score (nSPS) is 13.1. The van der Waals surface area contributed by atoms with Crippen molar-refractivity contribution >= 4 is 24.0 Å². The average Bonchev–Trinajstić information content (AvgIpc) is 3.37. The summed E-state index contributed by atoms with van der Waals surface area (Å²) in [7, 11) is 1.65. The van der Waals surface area contributed by atoms with Crippen LogP contribution in [-0.2, 0) is 6.54 Å². The highest BCUT2D eigenvalue weighted by atomic mass is 35.5. The van der Waals surface area contributed by atoms with Gasteiger partial charge in [0.15, 0.2) is 0 Å². The second-order valence-electron chi connectivity index (χ2n) is 5.64. The van der Waals surface area contributed by atoms with Crippen LogP contribution in [0.4, 0.5) is 5.69 Å². The molecule has 2 aromatic rings. The molecule has 1 fully saturated rings. The van der Waals surface area contributed by atoms with Gasteiger partial charge >= 0.3 is 0 Å². The Morgan fingerprint density at radius 3 is 2.48 bits per heavy atom. The van der Waals surface area contributed by atoms with E-state index in [4.69, 9.17) is 10.5 Å². The minimum Gasteiger partial charge on any atom is -0.497 e. The predicted octanol–water partition coefficient (Wildman–Crippen LogP) is 3.50. The van der Waals surface area contributed by atoms with Crippen LogP contribution >= 0.6 is 12.4 Å². The molecule has 1 aliphatic rings. The van der Waals surface area contributed by atoms with Crippen LogP contribution in [-0.4, -0.2) is 24.0 Å². The lowest BCUT2D eigenvalue weighted by atomic mass is 10.1. The van der Waals surface area contributed by atoms with Gasteiger partial charge in [-0.1, -0.05) is 18.2 Å². The number of anilines is 1. The van der Waals surface area contributed by atoms with E-state index in [1.165, 1.54) is 0 Å². The van der Waals surface area contributed by atoms with E-state index in [9.17, 15) is 4.79 Å². The molecule has 2 aromatic carbocycles. The monoisotopic (exact) mass is 332 g/mol. The summed E-state index contributed by atoms with van der Waals surface area (Å²) < 4.78 is 5.17. The van der Waals surface area contributed by atoms with Crippen LogP contribution in [0.5, 0.6) is 5.75 Å². The number of carbonyl (C=O) groups is 1. The third-order valence-electron chi connectivity index (χ3n) is 3.89. The van der Waals surface area contributed by atoms with E-state index in [0.717, 1.165) is 24.2 Å². The van der Waals surface area contributed by atoms with Crippen molar-refractivity contribution in [3.8, 4) is 5.75 Å². The summed E-state index contributed by atoms with van der Waals surface area (Å²) >= 11 is 0. The number of nitrogens with zero attached hydrogens (tertiary/aromatic N) is 1. The first-order valence-electron chi connectivity index (χ1n) is 7.47. The van der Waals surface area contributed by atoms with Crippen LogP contribution in [0.25, 0.3) is 0 Å². The fourth-order valence-electron chi connectivity index (χ4n) is 2.52. The molecule has 2 N–H and O–H groups in total. The van der Waals surface area contributed by atoms with Crippen molar-refractivity contribution in [1.29, 1.82) is 0 Å². The Morgan fingerprint density at radius 2 is 1.91 bits per heavy atom. The highest BCUT2D eigenvalue weighted by molar-refractivity contribution is 5.95. The topological polar surface area (TPSA) is 55.6 Å². The van der Waals surface area contributed by atoms with Crippen molar-refractivity contribution in [1.82, 2.24) is 4.90 Å². The number of hydrogen-bond donors (Lipinski definition) is 1. The quantitative estimate of drug-likeness (QED) is 0.852. The number of ether oxygens (including phenoxy) is 1. The summed E-state index contributed by atoms with van der Waals surface area (Å²) in [6.07, 6.45) is 2.15. The van der Waals surface area contributed by atoms with E-state index in [2.05, 4.69) is 0 Å². The third-order valence-corrected chi connectivity index (χ3v) is 3.89. The van der Waals surface area contributed by atoms with Gasteiger partial charge in [0.25, 0.3) is 5.91 Å². The van der Waals surface area contributed by atoms with Gasteiger partial charge in [-0.05, 0) is 48.7 Å². The Bertz CT molecular complexity index is 669. The van der Waals surface area contributed by atoms with Gasteiger partial charge in [0, 0.05) is 23.8 Å². The molecule has 0 spiro atoms.